The van der Waals surface area contributed by atoms with Crippen molar-refractivity contribution in [2.45, 2.75) is 51.6 Å². The molecule has 0 amide bonds. The van der Waals surface area contributed by atoms with Crippen LogP contribution in [0.3, 0.4) is 0 Å². The number of hydrogen-bond donors (Lipinski definition) is 1. The molecule has 90 valence electrons. The lowest BCUT2D eigenvalue weighted by Gasteiger charge is -2.27. The van der Waals surface area contributed by atoms with E-state index in [0.29, 0.717) is 0 Å². The summed E-state index contributed by atoms with van der Waals surface area (Å²) in [6.07, 6.45) is 1.13. The number of hydrogen-bond acceptors (Lipinski definition) is 1. The van der Waals surface area contributed by atoms with Crippen molar-refractivity contribution < 1.29 is 13.2 Å². The van der Waals surface area contributed by atoms with Crippen LogP contribution in [-0.4, -0.2) is 19.3 Å². The van der Waals surface area contributed by atoms with E-state index < -0.39 is 12.6 Å². The van der Waals surface area contributed by atoms with Gasteiger partial charge in [-0.1, -0.05) is 19.8 Å². The lowest BCUT2D eigenvalue weighted by Crippen LogP contribution is -2.33. The molecule has 4 heteroatoms. The van der Waals surface area contributed by atoms with E-state index in [4.69, 9.17) is 0 Å². The van der Waals surface area contributed by atoms with E-state index >= 15 is 0 Å². The Hall–Kier alpha value is -0.250. The third-order valence-electron chi connectivity index (χ3n) is 3.50. The highest BCUT2D eigenvalue weighted by Crippen LogP contribution is 2.40. The number of alkyl halides is 3. The molecule has 0 heterocycles. The molecule has 0 spiro atoms. The van der Waals surface area contributed by atoms with Gasteiger partial charge in [0.15, 0.2) is 0 Å². The minimum absolute atomic E-state index is 0.0608. The zero-order valence-electron chi connectivity index (χ0n) is 9.29. The van der Waals surface area contributed by atoms with Crippen molar-refractivity contribution in [3.8, 4) is 0 Å². The molecule has 0 aromatic rings. The molecule has 1 nitrogen and oxygen atoms in total. The second kappa shape index (κ2) is 5.19. The van der Waals surface area contributed by atoms with Crippen molar-refractivity contribution in [2.75, 3.05) is 13.1 Å². The van der Waals surface area contributed by atoms with E-state index in [-0.39, 0.29) is 12.0 Å². The quantitative estimate of drug-likeness (QED) is 0.703. The van der Waals surface area contributed by atoms with E-state index in [1.54, 1.807) is 0 Å². The van der Waals surface area contributed by atoms with E-state index in [1.165, 1.54) is 25.7 Å². The first-order chi connectivity index (χ1) is 6.97. The third kappa shape index (κ3) is 4.41. The Morgan fingerprint density at radius 2 is 1.80 bits per heavy atom. The summed E-state index contributed by atoms with van der Waals surface area (Å²) >= 11 is 0. The summed E-state index contributed by atoms with van der Waals surface area (Å²) in [6, 6.07) is 0. The van der Waals surface area contributed by atoms with Gasteiger partial charge in [-0.3, -0.25) is 0 Å². The first kappa shape index (κ1) is 12.8. The lowest BCUT2D eigenvalue weighted by molar-refractivity contribution is -0.133. The normalized spacial score (nSPS) is 20.8. The second-order valence-corrected chi connectivity index (χ2v) is 4.60. The van der Waals surface area contributed by atoms with Crippen LogP contribution in [0.4, 0.5) is 13.2 Å². The second-order valence-electron chi connectivity index (χ2n) is 4.60. The summed E-state index contributed by atoms with van der Waals surface area (Å²) in [5, 5.41) is 2.96. The summed E-state index contributed by atoms with van der Waals surface area (Å²) in [5.41, 5.74) is 0.283. The van der Waals surface area contributed by atoms with Crippen molar-refractivity contribution in [3.63, 3.8) is 0 Å². The molecular weight excluding hydrogens is 203 g/mol. The van der Waals surface area contributed by atoms with E-state index in [2.05, 4.69) is 12.2 Å². The average molecular weight is 223 g/mol. The molecule has 1 N–H and O–H groups in total. The van der Waals surface area contributed by atoms with Crippen molar-refractivity contribution in [1.29, 1.82) is 0 Å². The summed E-state index contributed by atoms with van der Waals surface area (Å²) < 4.78 is 35.7. The Morgan fingerprint density at radius 1 is 1.20 bits per heavy atom. The first-order valence-electron chi connectivity index (χ1n) is 5.75. The molecule has 0 aliphatic heterocycles. The van der Waals surface area contributed by atoms with Crippen molar-refractivity contribution in [3.05, 3.63) is 0 Å². The maximum atomic E-state index is 11.9. The molecule has 0 unspecified atom stereocenters. The Kier molecular flexibility index (Phi) is 4.44. The molecule has 1 aliphatic carbocycles. The molecule has 0 saturated heterocycles. The molecule has 0 aromatic carbocycles. The molecule has 0 atom stereocenters. The number of halogens is 3. The van der Waals surface area contributed by atoms with Crippen LogP contribution in [0.1, 0.15) is 45.4 Å². The molecule has 1 saturated carbocycles. The highest BCUT2D eigenvalue weighted by atomic mass is 19.4. The molecule has 0 aromatic heterocycles. The predicted octanol–water partition coefficient (Wildman–Crippen LogP) is 3.50. The van der Waals surface area contributed by atoms with Crippen LogP contribution in [0.2, 0.25) is 0 Å². The van der Waals surface area contributed by atoms with E-state index in [0.717, 1.165) is 13.0 Å². The summed E-state index contributed by atoms with van der Waals surface area (Å²) in [6.45, 7) is 2.95. The molecule has 1 rings (SSSR count). The lowest BCUT2D eigenvalue weighted by atomic mass is 9.83. The topological polar surface area (TPSA) is 12.0 Å². The summed E-state index contributed by atoms with van der Waals surface area (Å²) in [7, 11) is 0. The minimum atomic E-state index is -4.03. The van der Waals surface area contributed by atoms with Gasteiger partial charge < -0.3 is 5.32 Å². The predicted molar refractivity (Wildman–Crippen MR) is 54.7 cm³/mol. The van der Waals surface area contributed by atoms with Crippen LogP contribution in [0.5, 0.6) is 0 Å². The fourth-order valence-electron chi connectivity index (χ4n) is 2.36. The van der Waals surface area contributed by atoms with Crippen molar-refractivity contribution in [1.82, 2.24) is 5.32 Å². The van der Waals surface area contributed by atoms with Gasteiger partial charge in [-0.2, -0.15) is 13.2 Å². The van der Waals surface area contributed by atoms with Crippen LogP contribution >= 0.6 is 0 Å². The average Bonchev–Trinajstić information content (AvgIpc) is 2.60. The number of nitrogens with one attached hydrogen (secondary N) is 1. The van der Waals surface area contributed by atoms with Crippen LogP contribution in [0.15, 0.2) is 0 Å². The third-order valence-corrected chi connectivity index (χ3v) is 3.50. The van der Waals surface area contributed by atoms with Crippen molar-refractivity contribution in [2.24, 2.45) is 5.41 Å². The van der Waals surface area contributed by atoms with Crippen molar-refractivity contribution >= 4 is 0 Å². The molecule has 0 bridgehead atoms. The van der Waals surface area contributed by atoms with Crippen LogP contribution in [0, 0.1) is 5.41 Å². The van der Waals surface area contributed by atoms with Gasteiger partial charge in [-0.05, 0) is 24.7 Å². The molecule has 15 heavy (non-hydrogen) atoms. The van der Waals surface area contributed by atoms with Gasteiger partial charge in [-0.15, -0.1) is 0 Å². The van der Waals surface area contributed by atoms with Gasteiger partial charge in [0, 0.05) is 13.1 Å². The highest BCUT2D eigenvalue weighted by Gasteiger charge is 2.32. The Labute approximate surface area is 89.4 Å². The van der Waals surface area contributed by atoms with Gasteiger partial charge >= 0.3 is 6.18 Å². The Morgan fingerprint density at radius 3 is 2.27 bits per heavy atom. The zero-order chi connectivity index (χ0) is 11.4. The van der Waals surface area contributed by atoms with Gasteiger partial charge in [0.25, 0.3) is 0 Å². The zero-order valence-corrected chi connectivity index (χ0v) is 9.29. The highest BCUT2D eigenvalue weighted by molar-refractivity contribution is 4.85. The van der Waals surface area contributed by atoms with Crippen LogP contribution in [0.25, 0.3) is 0 Å². The summed E-state index contributed by atoms with van der Waals surface area (Å²) in [5.74, 6) is 0. The molecule has 1 fully saturated rings. The first-order valence-corrected chi connectivity index (χ1v) is 5.75. The Bertz CT molecular complexity index is 183. The maximum Gasteiger partial charge on any atom is 0.390 e. The molecule has 0 radical (unpaired) electrons. The Balaban J connectivity index is 2.18. The van der Waals surface area contributed by atoms with Gasteiger partial charge in [0.05, 0.1) is 6.42 Å². The van der Waals surface area contributed by atoms with Gasteiger partial charge in [0.2, 0.25) is 0 Å². The van der Waals surface area contributed by atoms with E-state index in [9.17, 15) is 13.2 Å². The largest absolute Gasteiger partial charge is 0.390 e. The standard InChI is InChI=1S/C11H20F3N/c1-2-10(5-3-4-6-10)9-15-8-7-11(12,13)14/h15H,2-9H2,1H3. The van der Waals surface area contributed by atoms with Gasteiger partial charge in [-0.25, -0.2) is 0 Å². The molecule has 1 aliphatic rings. The van der Waals surface area contributed by atoms with E-state index in [1.807, 2.05) is 0 Å². The fourth-order valence-corrected chi connectivity index (χ4v) is 2.36. The van der Waals surface area contributed by atoms with Crippen LogP contribution < -0.4 is 5.32 Å². The minimum Gasteiger partial charge on any atom is -0.316 e. The summed E-state index contributed by atoms with van der Waals surface area (Å²) in [4.78, 5) is 0. The maximum absolute atomic E-state index is 11.9. The monoisotopic (exact) mass is 223 g/mol. The molecular formula is C11H20F3N. The van der Waals surface area contributed by atoms with Gasteiger partial charge in [0.1, 0.15) is 0 Å². The fraction of sp³-hybridized carbons (Fsp3) is 1.00. The van der Waals surface area contributed by atoms with Crippen LogP contribution in [-0.2, 0) is 0 Å². The SMILES string of the molecule is CCC1(CNCCC(F)(F)F)CCCC1. The smallest absolute Gasteiger partial charge is 0.316 e. The number of rotatable bonds is 5.